The second-order valence-corrected chi connectivity index (χ2v) is 13.1. The molecule has 4 aliphatic rings. The molecule has 4 aliphatic carbocycles. The van der Waals surface area contributed by atoms with Crippen LogP contribution in [0.4, 0.5) is 0 Å². The molecule has 32 heavy (non-hydrogen) atoms. The number of hydrogen-bond acceptors (Lipinski definition) is 1. The maximum atomic E-state index is 8.92. The summed E-state index contributed by atoms with van der Waals surface area (Å²) >= 11 is 0. The molecule has 0 bridgehead atoms. The first-order valence-electron chi connectivity index (χ1n) is 14.0. The van der Waals surface area contributed by atoms with E-state index in [4.69, 9.17) is 5.53 Å². The Balaban J connectivity index is 1.47. The molecule has 180 valence electrons. The molecule has 4 rings (SSSR count). The van der Waals surface area contributed by atoms with Crippen LogP contribution in [0.25, 0.3) is 10.4 Å². The van der Waals surface area contributed by atoms with Crippen molar-refractivity contribution in [2.24, 2.45) is 57.4 Å². The summed E-state index contributed by atoms with van der Waals surface area (Å²) in [5.74, 6) is 6.19. The van der Waals surface area contributed by atoms with E-state index in [1.165, 1.54) is 57.8 Å². The Morgan fingerprint density at radius 1 is 1.06 bits per heavy atom. The number of rotatable bonds is 7. The standard InChI is InChI=1S/C29H49N3/c1-7-21(19(2)3)9-8-20(4)25-12-13-26-24-11-10-22-18-23(31-32-30)14-16-28(22,5)27(24)15-17-29(25,26)6/h10,19-21,23-27H,7-9,11-18H2,1-6H3/t20-,21-,23+,24-,25?,26?,27?,28?,29?/m1/s1. The molecule has 0 aliphatic heterocycles. The number of allylic oxidation sites excluding steroid dienone is 1. The summed E-state index contributed by atoms with van der Waals surface area (Å²) < 4.78 is 0. The summed E-state index contributed by atoms with van der Waals surface area (Å²) in [6.07, 6.45) is 17.2. The zero-order valence-corrected chi connectivity index (χ0v) is 21.8. The Morgan fingerprint density at radius 2 is 1.84 bits per heavy atom. The third-order valence-electron chi connectivity index (χ3n) is 11.5. The van der Waals surface area contributed by atoms with Gasteiger partial charge >= 0.3 is 0 Å². The van der Waals surface area contributed by atoms with Gasteiger partial charge in [-0.1, -0.05) is 71.1 Å². The summed E-state index contributed by atoms with van der Waals surface area (Å²) in [7, 11) is 0. The predicted octanol–water partition coefficient (Wildman–Crippen LogP) is 9.34. The van der Waals surface area contributed by atoms with Crippen molar-refractivity contribution < 1.29 is 0 Å². The van der Waals surface area contributed by atoms with Crippen LogP contribution in [0.5, 0.6) is 0 Å². The molecule has 0 amide bonds. The molecular weight excluding hydrogens is 390 g/mol. The van der Waals surface area contributed by atoms with Gasteiger partial charge in [0.25, 0.3) is 0 Å². The fourth-order valence-corrected chi connectivity index (χ4v) is 9.48. The molecular formula is C29H49N3. The van der Waals surface area contributed by atoms with Gasteiger partial charge in [-0.2, -0.15) is 0 Å². The van der Waals surface area contributed by atoms with Crippen LogP contribution in [0.15, 0.2) is 16.8 Å². The molecule has 0 radical (unpaired) electrons. The largest absolute Gasteiger partial charge is 0.0903 e. The zero-order valence-electron chi connectivity index (χ0n) is 21.8. The molecule has 0 heterocycles. The Bertz CT molecular complexity index is 750. The van der Waals surface area contributed by atoms with Crippen LogP contribution in [0.3, 0.4) is 0 Å². The van der Waals surface area contributed by atoms with E-state index in [9.17, 15) is 0 Å². The first kappa shape index (κ1) is 24.2. The quantitative estimate of drug-likeness (QED) is 0.164. The smallest absolute Gasteiger partial charge is 0.0411 e. The highest BCUT2D eigenvalue weighted by molar-refractivity contribution is 5.26. The van der Waals surface area contributed by atoms with Crippen molar-refractivity contribution in [3.63, 3.8) is 0 Å². The molecule has 0 aromatic rings. The van der Waals surface area contributed by atoms with E-state index in [2.05, 4.69) is 57.6 Å². The number of hydrogen-bond donors (Lipinski definition) is 0. The molecule has 0 aromatic heterocycles. The number of nitrogens with zero attached hydrogens (tertiary/aromatic N) is 3. The molecule has 3 heteroatoms. The monoisotopic (exact) mass is 439 g/mol. The van der Waals surface area contributed by atoms with Crippen LogP contribution in [-0.4, -0.2) is 6.04 Å². The van der Waals surface area contributed by atoms with Gasteiger partial charge in [0.2, 0.25) is 0 Å². The lowest BCUT2D eigenvalue weighted by molar-refractivity contribution is -0.0511. The highest BCUT2D eigenvalue weighted by Crippen LogP contribution is 2.67. The second kappa shape index (κ2) is 9.36. The third kappa shape index (κ3) is 4.06. The summed E-state index contributed by atoms with van der Waals surface area (Å²) in [5.41, 5.74) is 11.5. The van der Waals surface area contributed by atoms with Crippen LogP contribution in [0.1, 0.15) is 112 Å². The van der Waals surface area contributed by atoms with Crippen molar-refractivity contribution in [1.82, 2.24) is 0 Å². The average molecular weight is 440 g/mol. The first-order chi connectivity index (χ1) is 15.2. The molecule has 3 saturated carbocycles. The van der Waals surface area contributed by atoms with E-state index < -0.39 is 0 Å². The van der Waals surface area contributed by atoms with Crippen molar-refractivity contribution >= 4 is 0 Å². The molecule has 0 saturated heterocycles. The highest BCUT2D eigenvalue weighted by Gasteiger charge is 2.59. The van der Waals surface area contributed by atoms with Gasteiger partial charge in [-0.05, 0) is 116 Å². The second-order valence-electron chi connectivity index (χ2n) is 13.1. The van der Waals surface area contributed by atoms with E-state index in [0.29, 0.717) is 10.8 Å². The van der Waals surface area contributed by atoms with Crippen LogP contribution in [0.2, 0.25) is 0 Å². The van der Waals surface area contributed by atoms with Gasteiger partial charge in [0.15, 0.2) is 0 Å². The molecule has 5 unspecified atom stereocenters. The Kier molecular flexibility index (Phi) is 7.07. The van der Waals surface area contributed by atoms with Crippen molar-refractivity contribution in [3.8, 4) is 0 Å². The van der Waals surface area contributed by atoms with Gasteiger partial charge in [0, 0.05) is 11.0 Å². The molecule has 9 atom stereocenters. The Morgan fingerprint density at radius 3 is 2.53 bits per heavy atom. The summed E-state index contributed by atoms with van der Waals surface area (Å²) in [4.78, 5) is 3.12. The van der Waals surface area contributed by atoms with Gasteiger partial charge in [0.05, 0.1) is 0 Å². The van der Waals surface area contributed by atoms with Gasteiger partial charge in [-0.25, -0.2) is 0 Å². The van der Waals surface area contributed by atoms with E-state index in [-0.39, 0.29) is 6.04 Å². The fraction of sp³-hybridized carbons (Fsp3) is 0.931. The number of azide groups is 1. The van der Waals surface area contributed by atoms with Crippen LogP contribution >= 0.6 is 0 Å². The van der Waals surface area contributed by atoms with Gasteiger partial charge in [0.1, 0.15) is 0 Å². The summed E-state index contributed by atoms with van der Waals surface area (Å²) in [5, 5.41) is 4.09. The molecule has 0 spiro atoms. The van der Waals surface area contributed by atoms with Crippen LogP contribution in [-0.2, 0) is 0 Å². The molecule has 0 N–H and O–H groups in total. The Labute approximate surface area is 197 Å². The lowest BCUT2D eigenvalue weighted by atomic mass is 9.47. The normalized spacial score (nSPS) is 42.8. The van der Waals surface area contributed by atoms with Gasteiger partial charge in [-0.3, -0.25) is 0 Å². The first-order valence-corrected chi connectivity index (χ1v) is 14.0. The third-order valence-corrected chi connectivity index (χ3v) is 11.5. The average Bonchev–Trinajstić information content (AvgIpc) is 3.11. The maximum absolute atomic E-state index is 8.92. The molecule has 3 nitrogen and oxygen atoms in total. The topological polar surface area (TPSA) is 48.8 Å². The minimum atomic E-state index is 0.194. The molecule has 3 fully saturated rings. The van der Waals surface area contributed by atoms with E-state index in [1.54, 1.807) is 5.57 Å². The van der Waals surface area contributed by atoms with Gasteiger partial charge < -0.3 is 0 Å². The minimum Gasteiger partial charge on any atom is -0.0903 e. The zero-order chi connectivity index (χ0) is 23.1. The Hall–Kier alpha value is -0.950. The SMILES string of the molecule is CC[C@H](CC[C@@H](C)C1CCC2[C@H]3CC=C4C[C@@H](N=[N+]=[N-])CCC4(C)C3CCC21C)C(C)C. The van der Waals surface area contributed by atoms with E-state index >= 15 is 0 Å². The summed E-state index contributed by atoms with van der Waals surface area (Å²) in [6.45, 7) is 15.1. The highest BCUT2D eigenvalue weighted by atomic mass is 15.1. The molecule has 0 aromatic carbocycles. The van der Waals surface area contributed by atoms with Crippen molar-refractivity contribution in [2.75, 3.05) is 0 Å². The van der Waals surface area contributed by atoms with Gasteiger partial charge in [-0.15, -0.1) is 0 Å². The summed E-state index contributed by atoms with van der Waals surface area (Å²) in [6, 6.07) is 0.194. The van der Waals surface area contributed by atoms with E-state index in [1.807, 2.05) is 0 Å². The lowest BCUT2D eigenvalue weighted by Gasteiger charge is -2.58. The van der Waals surface area contributed by atoms with Crippen LogP contribution < -0.4 is 0 Å². The van der Waals surface area contributed by atoms with Crippen molar-refractivity contribution in [3.05, 3.63) is 22.1 Å². The predicted molar refractivity (Wildman–Crippen MR) is 135 cm³/mol. The fourth-order valence-electron chi connectivity index (χ4n) is 9.48. The maximum Gasteiger partial charge on any atom is 0.0411 e. The lowest BCUT2D eigenvalue weighted by Crippen LogP contribution is -2.50. The minimum absolute atomic E-state index is 0.194. The number of fused-ring (bicyclic) bond motifs is 5. The van der Waals surface area contributed by atoms with Crippen molar-refractivity contribution in [1.29, 1.82) is 0 Å². The van der Waals surface area contributed by atoms with E-state index in [0.717, 1.165) is 54.3 Å². The van der Waals surface area contributed by atoms with Crippen LogP contribution in [0, 0.1) is 52.3 Å². The van der Waals surface area contributed by atoms with Crippen molar-refractivity contribution in [2.45, 2.75) is 118 Å².